The average molecular weight is 603 g/mol. The Hall–Kier alpha value is -3.73. The first kappa shape index (κ1) is 29.3. The van der Waals surface area contributed by atoms with Crippen molar-refractivity contribution in [2.45, 2.75) is 45.1 Å². The molecule has 10 heteroatoms. The molecule has 1 aliphatic heterocycles. The van der Waals surface area contributed by atoms with Gasteiger partial charge < -0.3 is 15.2 Å². The maximum Gasteiger partial charge on any atom is 0.224 e. The Morgan fingerprint density at radius 3 is 2.70 bits per heavy atom. The first-order valence-electron chi connectivity index (χ1n) is 14.9. The smallest absolute Gasteiger partial charge is 0.224 e. The van der Waals surface area contributed by atoms with Crippen molar-refractivity contribution in [3.8, 4) is 22.1 Å². The number of nitrogens with one attached hydrogen (secondary N) is 1. The minimum Gasteiger partial charge on any atom is -0.453 e. The lowest BCUT2D eigenvalue weighted by atomic mass is 9.97. The summed E-state index contributed by atoms with van der Waals surface area (Å²) < 4.78 is 21.8. The number of Topliss-reactive ketones (excluding diaryl/α,β-unsaturated/α-hetero) is 1. The Morgan fingerprint density at radius 1 is 1.07 bits per heavy atom. The fraction of sp³-hybridized carbons (Fsp3) is 0.394. The summed E-state index contributed by atoms with van der Waals surface area (Å²) in [5, 5.41) is 11.8. The lowest BCUT2D eigenvalue weighted by Gasteiger charge is -2.31. The fourth-order valence-electron chi connectivity index (χ4n) is 5.58. The summed E-state index contributed by atoms with van der Waals surface area (Å²) in [5.74, 6) is 0.725. The molecule has 2 N–H and O–H groups in total. The van der Waals surface area contributed by atoms with Crippen LogP contribution in [0.4, 0.5) is 4.39 Å². The van der Waals surface area contributed by atoms with Crippen molar-refractivity contribution in [2.75, 3.05) is 26.2 Å². The van der Waals surface area contributed by atoms with Crippen LogP contribution in [0.3, 0.4) is 0 Å². The minimum atomic E-state index is -0.499. The van der Waals surface area contributed by atoms with E-state index < -0.39 is 5.82 Å². The van der Waals surface area contributed by atoms with Crippen molar-refractivity contribution in [1.29, 1.82) is 0 Å². The average Bonchev–Trinajstić information content (AvgIpc) is 3.71. The van der Waals surface area contributed by atoms with Gasteiger partial charge in [0.1, 0.15) is 11.5 Å². The van der Waals surface area contributed by atoms with Crippen molar-refractivity contribution in [2.24, 2.45) is 11.8 Å². The van der Waals surface area contributed by atoms with E-state index >= 15 is 0 Å². The van der Waals surface area contributed by atoms with Crippen LogP contribution in [0.25, 0.3) is 20.8 Å². The third-order valence-electron chi connectivity index (χ3n) is 7.98. The zero-order valence-electron chi connectivity index (χ0n) is 23.9. The molecule has 4 aromatic rings. The van der Waals surface area contributed by atoms with E-state index in [-0.39, 0.29) is 42.9 Å². The molecule has 224 valence electrons. The lowest BCUT2D eigenvalue weighted by Crippen LogP contribution is -2.43. The number of ether oxygens (including phenoxy) is 1. The highest BCUT2D eigenvalue weighted by molar-refractivity contribution is 7.22. The molecule has 1 aliphatic carbocycles. The summed E-state index contributed by atoms with van der Waals surface area (Å²) in [6.45, 7) is 2.56. The zero-order chi connectivity index (χ0) is 29.8. The number of fused-ring (bicyclic) bond motifs is 1. The summed E-state index contributed by atoms with van der Waals surface area (Å²) in [6.07, 6.45) is 8.39. The van der Waals surface area contributed by atoms with E-state index in [1.165, 1.54) is 17.4 Å². The number of carbonyl (C=O) groups is 2. The lowest BCUT2D eigenvalue weighted by molar-refractivity contribution is -0.127. The summed E-state index contributed by atoms with van der Waals surface area (Å²) in [6, 6.07) is 12.4. The van der Waals surface area contributed by atoms with E-state index in [2.05, 4.69) is 21.3 Å². The van der Waals surface area contributed by atoms with Gasteiger partial charge in [0.15, 0.2) is 11.6 Å². The standard InChI is InChI=1S/C33H35FN4O4S/c34-26-16-22(15-25(40)14-21-3-4-21)6-8-29(26)42-30-9-10-35-28-17-31(43-32(28)30)27-7-5-23(18-37-27)19-38-12-1-2-24(20-38)33(41)36-11-13-39/h5-10,16-18,21,24,39H,1-4,11-15,19-20H2,(H,36,41). The number of piperidine rings is 1. The van der Waals surface area contributed by atoms with Crippen molar-refractivity contribution in [3.05, 3.63) is 71.8 Å². The molecular weight excluding hydrogens is 567 g/mol. The van der Waals surface area contributed by atoms with Crippen LogP contribution in [0.5, 0.6) is 11.5 Å². The van der Waals surface area contributed by atoms with E-state index in [1.54, 1.807) is 24.4 Å². The number of thiophene rings is 1. The topological polar surface area (TPSA) is 105 Å². The van der Waals surface area contributed by atoms with E-state index in [4.69, 9.17) is 14.8 Å². The van der Waals surface area contributed by atoms with E-state index in [9.17, 15) is 14.0 Å². The summed E-state index contributed by atoms with van der Waals surface area (Å²) in [5.41, 5.74) is 3.28. The van der Waals surface area contributed by atoms with Crippen LogP contribution in [0.2, 0.25) is 0 Å². The molecule has 1 saturated heterocycles. The van der Waals surface area contributed by atoms with Gasteiger partial charge in [-0.3, -0.25) is 24.5 Å². The van der Waals surface area contributed by atoms with E-state index in [0.29, 0.717) is 36.7 Å². The van der Waals surface area contributed by atoms with E-state index in [1.807, 2.05) is 18.3 Å². The van der Waals surface area contributed by atoms with Crippen LogP contribution in [0.1, 0.15) is 43.2 Å². The largest absolute Gasteiger partial charge is 0.453 e. The molecule has 1 saturated carbocycles. The van der Waals surface area contributed by atoms with Gasteiger partial charge in [0, 0.05) is 50.9 Å². The molecule has 2 aliphatic rings. The van der Waals surface area contributed by atoms with Gasteiger partial charge in [-0.15, -0.1) is 11.3 Å². The summed E-state index contributed by atoms with van der Waals surface area (Å²) >= 11 is 1.49. The predicted octanol–water partition coefficient (Wildman–Crippen LogP) is 5.52. The number of halogens is 1. The molecular formula is C33H35FN4O4S. The number of hydrogen-bond donors (Lipinski definition) is 2. The predicted molar refractivity (Wildman–Crippen MR) is 163 cm³/mol. The number of carbonyl (C=O) groups excluding carboxylic acids is 2. The first-order chi connectivity index (χ1) is 20.9. The SMILES string of the molecule is O=C(Cc1ccc(Oc2ccnc3cc(-c4ccc(CN5CCCC(C(=O)NCCO)C5)cn4)sc23)c(F)c1)CC1CC1. The Kier molecular flexibility index (Phi) is 9.06. The molecule has 1 atom stereocenters. The number of nitrogens with zero attached hydrogens (tertiary/aromatic N) is 3. The zero-order valence-corrected chi connectivity index (χ0v) is 24.7. The van der Waals surface area contributed by atoms with Crippen molar-refractivity contribution >= 4 is 33.2 Å². The Bertz CT molecular complexity index is 1600. The van der Waals surface area contributed by atoms with Gasteiger partial charge in [-0.1, -0.05) is 12.1 Å². The molecule has 0 spiro atoms. The van der Waals surface area contributed by atoms with Crippen LogP contribution in [-0.2, 0) is 22.6 Å². The normalized spacial score (nSPS) is 17.2. The highest BCUT2D eigenvalue weighted by Gasteiger charge is 2.26. The number of likely N-dealkylation sites (tertiary alicyclic amines) is 1. The third kappa shape index (κ3) is 7.44. The van der Waals surface area contributed by atoms with Gasteiger partial charge in [0.2, 0.25) is 5.91 Å². The fourth-order valence-corrected chi connectivity index (χ4v) is 6.62. The van der Waals surface area contributed by atoms with Crippen molar-refractivity contribution < 1.29 is 23.8 Å². The van der Waals surface area contributed by atoms with Crippen molar-refractivity contribution in [3.63, 3.8) is 0 Å². The highest BCUT2D eigenvalue weighted by Crippen LogP contribution is 2.39. The maximum atomic E-state index is 15.0. The number of pyridine rings is 2. The molecule has 1 aromatic carbocycles. The number of hydrogen-bond acceptors (Lipinski definition) is 8. The number of benzene rings is 1. The van der Waals surface area contributed by atoms with Gasteiger partial charge in [-0.2, -0.15) is 0 Å². The van der Waals surface area contributed by atoms with Gasteiger partial charge >= 0.3 is 0 Å². The van der Waals surface area contributed by atoms with Gasteiger partial charge in [0.05, 0.1) is 33.3 Å². The summed E-state index contributed by atoms with van der Waals surface area (Å²) in [7, 11) is 0. The summed E-state index contributed by atoms with van der Waals surface area (Å²) in [4.78, 5) is 36.9. The number of amides is 1. The Labute approximate surface area is 253 Å². The second-order valence-electron chi connectivity index (χ2n) is 11.5. The molecule has 3 aromatic heterocycles. The van der Waals surface area contributed by atoms with E-state index in [0.717, 1.165) is 58.6 Å². The number of aliphatic hydroxyl groups excluding tert-OH is 1. The van der Waals surface area contributed by atoms with Crippen LogP contribution >= 0.6 is 11.3 Å². The number of ketones is 1. The van der Waals surface area contributed by atoms with Gasteiger partial charge in [0.25, 0.3) is 0 Å². The molecule has 0 radical (unpaired) electrons. The number of aliphatic hydroxyl groups is 1. The van der Waals surface area contributed by atoms with Gasteiger partial charge in [-0.25, -0.2) is 4.39 Å². The monoisotopic (exact) mass is 602 g/mol. The maximum absolute atomic E-state index is 15.0. The van der Waals surface area contributed by atoms with Crippen LogP contribution in [-0.4, -0.2) is 57.9 Å². The minimum absolute atomic E-state index is 0.00401. The highest BCUT2D eigenvalue weighted by atomic mass is 32.1. The number of aromatic nitrogens is 2. The molecule has 2 fully saturated rings. The Morgan fingerprint density at radius 2 is 1.93 bits per heavy atom. The molecule has 4 heterocycles. The van der Waals surface area contributed by atoms with Crippen LogP contribution < -0.4 is 10.1 Å². The molecule has 6 rings (SSSR count). The quantitative estimate of drug-likeness (QED) is 0.220. The van der Waals surface area contributed by atoms with Gasteiger partial charge in [-0.05, 0) is 73.5 Å². The molecule has 0 bridgehead atoms. The second kappa shape index (κ2) is 13.3. The molecule has 1 amide bonds. The van der Waals surface area contributed by atoms with Crippen LogP contribution in [0.15, 0.2) is 54.9 Å². The van der Waals surface area contributed by atoms with Crippen LogP contribution in [0, 0.1) is 17.7 Å². The third-order valence-corrected chi connectivity index (χ3v) is 9.14. The number of rotatable bonds is 12. The molecule has 8 nitrogen and oxygen atoms in total. The van der Waals surface area contributed by atoms with Crippen molar-refractivity contribution in [1.82, 2.24) is 20.2 Å². The molecule has 1 unspecified atom stereocenters. The second-order valence-corrected chi connectivity index (χ2v) is 12.6. The first-order valence-corrected chi connectivity index (χ1v) is 15.7. The Balaban J connectivity index is 1.11. The molecule has 43 heavy (non-hydrogen) atoms.